The fourth-order valence-electron chi connectivity index (χ4n) is 3.30. The van der Waals surface area contributed by atoms with Gasteiger partial charge in [0, 0.05) is 6.04 Å². The number of rotatable bonds is 5. The standard InChI is InChI=1S/C22H24N2O2/c1-16-2-10-20(11-3-16)24-22(25)15-26-21-12-8-19(9-13-21)18-6-4-17(14-23)5-7-18/h4-9,12-13,16,20H,2-3,10-11,15H2,1H3,(H,24,25). The monoisotopic (exact) mass is 348 g/mol. The Morgan fingerprint density at radius 1 is 1.04 bits per heavy atom. The largest absolute Gasteiger partial charge is 0.484 e. The molecule has 4 heteroatoms. The van der Waals surface area contributed by atoms with Crippen molar-refractivity contribution in [1.29, 1.82) is 5.26 Å². The van der Waals surface area contributed by atoms with Crippen molar-refractivity contribution < 1.29 is 9.53 Å². The van der Waals surface area contributed by atoms with Gasteiger partial charge >= 0.3 is 0 Å². The molecular formula is C22H24N2O2. The van der Waals surface area contributed by atoms with Crippen LogP contribution in [0.15, 0.2) is 48.5 Å². The molecule has 4 nitrogen and oxygen atoms in total. The quantitative estimate of drug-likeness (QED) is 0.876. The maximum absolute atomic E-state index is 12.1. The highest BCUT2D eigenvalue weighted by Gasteiger charge is 2.19. The fourth-order valence-corrected chi connectivity index (χ4v) is 3.30. The molecule has 0 unspecified atom stereocenters. The van der Waals surface area contributed by atoms with Crippen molar-refractivity contribution in [3.63, 3.8) is 0 Å². The van der Waals surface area contributed by atoms with Crippen LogP contribution in [0.3, 0.4) is 0 Å². The lowest BCUT2D eigenvalue weighted by atomic mass is 9.87. The van der Waals surface area contributed by atoms with E-state index in [-0.39, 0.29) is 12.5 Å². The molecule has 0 bridgehead atoms. The van der Waals surface area contributed by atoms with E-state index in [4.69, 9.17) is 10.00 Å². The number of amides is 1. The predicted octanol–water partition coefficient (Wildman–Crippen LogP) is 4.30. The molecule has 134 valence electrons. The van der Waals surface area contributed by atoms with Crippen LogP contribution in [0, 0.1) is 17.2 Å². The van der Waals surface area contributed by atoms with Crippen LogP contribution >= 0.6 is 0 Å². The molecule has 1 N–H and O–H groups in total. The molecule has 0 aromatic heterocycles. The van der Waals surface area contributed by atoms with E-state index in [9.17, 15) is 4.79 Å². The molecule has 1 aliphatic rings. The number of carbonyl (C=O) groups excluding carboxylic acids is 1. The summed E-state index contributed by atoms with van der Waals surface area (Å²) in [6.07, 6.45) is 4.49. The zero-order valence-corrected chi connectivity index (χ0v) is 15.1. The average molecular weight is 348 g/mol. The summed E-state index contributed by atoms with van der Waals surface area (Å²) in [6.45, 7) is 2.31. The van der Waals surface area contributed by atoms with Crippen molar-refractivity contribution in [1.82, 2.24) is 5.32 Å². The van der Waals surface area contributed by atoms with Gasteiger partial charge in [-0.25, -0.2) is 0 Å². The molecule has 2 aromatic carbocycles. The minimum Gasteiger partial charge on any atom is -0.484 e. The number of nitriles is 1. The normalized spacial score (nSPS) is 19.4. The van der Waals surface area contributed by atoms with Crippen LogP contribution in [0.1, 0.15) is 38.2 Å². The third-order valence-electron chi connectivity index (χ3n) is 4.95. The highest BCUT2D eigenvalue weighted by Crippen LogP contribution is 2.24. The second-order valence-electron chi connectivity index (χ2n) is 7.03. The first-order valence-corrected chi connectivity index (χ1v) is 9.17. The maximum Gasteiger partial charge on any atom is 0.258 e. The Kier molecular flexibility index (Phi) is 5.91. The molecule has 3 rings (SSSR count). The van der Waals surface area contributed by atoms with Crippen LogP contribution in [0.5, 0.6) is 5.75 Å². The van der Waals surface area contributed by atoms with Gasteiger partial charge in [-0.3, -0.25) is 4.79 Å². The number of nitrogens with zero attached hydrogens (tertiary/aromatic N) is 1. The summed E-state index contributed by atoms with van der Waals surface area (Å²) in [5, 5.41) is 11.9. The third-order valence-corrected chi connectivity index (χ3v) is 4.95. The highest BCUT2D eigenvalue weighted by atomic mass is 16.5. The van der Waals surface area contributed by atoms with Crippen molar-refractivity contribution in [2.75, 3.05) is 6.61 Å². The molecule has 0 aliphatic heterocycles. The Morgan fingerprint density at radius 2 is 1.62 bits per heavy atom. The summed E-state index contributed by atoms with van der Waals surface area (Å²) in [5.74, 6) is 1.39. The van der Waals surface area contributed by atoms with E-state index in [0.717, 1.165) is 29.9 Å². The number of nitrogens with one attached hydrogen (secondary N) is 1. The molecule has 1 fully saturated rings. The van der Waals surface area contributed by atoms with Gasteiger partial charge in [0.25, 0.3) is 5.91 Å². The van der Waals surface area contributed by atoms with Gasteiger partial charge in [0.1, 0.15) is 5.75 Å². The van der Waals surface area contributed by atoms with E-state index in [1.165, 1.54) is 12.8 Å². The van der Waals surface area contributed by atoms with Gasteiger partial charge in [0.2, 0.25) is 0 Å². The average Bonchev–Trinajstić information content (AvgIpc) is 2.69. The fraction of sp³-hybridized carbons (Fsp3) is 0.364. The number of benzene rings is 2. The van der Waals surface area contributed by atoms with Gasteiger partial charge in [-0.05, 0) is 67.0 Å². The topological polar surface area (TPSA) is 62.1 Å². The van der Waals surface area contributed by atoms with Crippen molar-refractivity contribution in [3.05, 3.63) is 54.1 Å². The molecule has 0 heterocycles. The van der Waals surface area contributed by atoms with Crippen LogP contribution in [0.2, 0.25) is 0 Å². The number of carbonyl (C=O) groups is 1. The Morgan fingerprint density at radius 3 is 2.19 bits per heavy atom. The Hall–Kier alpha value is -2.80. The number of hydrogen-bond donors (Lipinski definition) is 1. The lowest BCUT2D eigenvalue weighted by Gasteiger charge is -2.26. The minimum atomic E-state index is -0.0549. The number of ether oxygens (including phenoxy) is 1. The molecule has 26 heavy (non-hydrogen) atoms. The van der Waals surface area contributed by atoms with Crippen molar-refractivity contribution in [2.24, 2.45) is 5.92 Å². The molecule has 0 spiro atoms. The zero-order valence-electron chi connectivity index (χ0n) is 15.1. The lowest BCUT2D eigenvalue weighted by Crippen LogP contribution is -2.39. The lowest BCUT2D eigenvalue weighted by molar-refractivity contribution is -0.124. The third kappa shape index (κ3) is 4.86. The summed E-state index contributed by atoms with van der Waals surface area (Å²) in [7, 11) is 0. The van der Waals surface area contributed by atoms with Crippen LogP contribution in [-0.4, -0.2) is 18.6 Å². The first-order chi connectivity index (χ1) is 12.6. The van der Waals surface area contributed by atoms with Gasteiger partial charge in [0.15, 0.2) is 6.61 Å². The summed E-state index contributed by atoms with van der Waals surface area (Å²) in [5.41, 5.74) is 2.73. The van der Waals surface area contributed by atoms with E-state index in [1.807, 2.05) is 36.4 Å². The van der Waals surface area contributed by atoms with Crippen molar-refractivity contribution >= 4 is 5.91 Å². The Labute approximate surface area is 154 Å². The van der Waals surface area contributed by atoms with Gasteiger partial charge < -0.3 is 10.1 Å². The van der Waals surface area contributed by atoms with Crippen LogP contribution < -0.4 is 10.1 Å². The summed E-state index contributed by atoms with van der Waals surface area (Å²) in [4.78, 5) is 12.1. The maximum atomic E-state index is 12.1. The SMILES string of the molecule is CC1CCC(NC(=O)COc2ccc(-c3ccc(C#N)cc3)cc2)CC1. The predicted molar refractivity (Wildman–Crippen MR) is 102 cm³/mol. The first kappa shape index (κ1) is 18.0. The molecule has 1 aliphatic carbocycles. The molecule has 1 saturated carbocycles. The first-order valence-electron chi connectivity index (χ1n) is 9.17. The van der Waals surface area contributed by atoms with Crippen LogP contribution in [0.4, 0.5) is 0 Å². The molecule has 0 atom stereocenters. The van der Waals surface area contributed by atoms with Gasteiger partial charge in [-0.2, -0.15) is 5.26 Å². The van der Waals surface area contributed by atoms with Gasteiger partial charge in [-0.15, -0.1) is 0 Å². The van der Waals surface area contributed by atoms with Crippen LogP contribution in [-0.2, 0) is 4.79 Å². The zero-order chi connectivity index (χ0) is 18.4. The smallest absolute Gasteiger partial charge is 0.258 e. The Bertz CT molecular complexity index is 767. The summed E-state index contributed by atoms with van der Waals surface area (Å²) in [6, 6.07) is 17.5. The van der Waals surface area contributed by atoms with Crippen molar-refractivity contribution in [2.45, 2.75) is 38.6 Å². The molecule has 0 radical (unpaired) electrons. The Balaban J connectivity index is 1.49. The second kappa shape index (κ2) is 8.53. The molecule has 1 amide bonds. The van der Waals surface area contributed by atoms with E-state index in [2.05, 4.69) is 18.3 Å². The van der Waals surface area contributed by atoms with Gasteiger partial charge in [0.05, 0.1) is 11.6 Å². The molecule has 0 saturated heterocycles. The van der Waals surface area contributed by atoms with E-state index < -0.39 is 0 Å². The van der Waals surface area contributed by atoms with Gasteiger partial charge in [-0.1, -0.05) is 31.2 Å². The number of hydrogen-bond acceptors (Lipinski definition) is 3. The second-order valence-corrected chi connectivity index (χ2v) is 7.03. The van der Waals surface area contributed by atoms with E-state index in [1.54, 1.807) is 12.1 Å². The van der Waals surface area contributed by atoms with Crippen molar-refractivity contribution in [3.8, 4) is 22.9 Å². The summed E-state index contributed by atoms with van der Waals surface area (Å²) >= 11 is 0. The van der Waals surface area contributed by atoms with E-state index >= 15 is 0 Å². The van der Waals surface area contributed by atoms with E-state index in [0.29, 0.717) is 17.4 Å². The van der Waals surface area contributed by atoms with Crippen LogP contribution in [0.25, 0.3) is 11.1 Å². The molecular weight excluding hydrogens is 324 g/mol. The minimum absolute atomic E-state index is 0.0439. The summed E-state index contributed by atoms with van der Waals surface area (Å²) < 4.78 is 5.60. The highest BCUT2D eigenvalue weighted by molar-refractivity contribution is 5.77. The molecule has 2 aromatic rings.